The highest BCUT2D eigenvalue weighted by molar-refractivity contribution is 6.05. The number of hydrogen-bond acceptors (Lipinski definition) is 5. The predicted molar refractivity (Wildman–Crippen MR) is 116 cm³/mol. The molecule has 1 aromatic heterocycles. The minimum Gasteiger partial charge on any atom is -0.455 e. The van der Waals surface area contributed by atoms with Crippen molar-refractivity contribution in [3.05, 3.63) is 69.9 Å². The molecule has 1 aliphatic heterocycles. The molecule has 3 aromatic rings. The Morgan fingerprint density at radius 3 is 2.77 bits per heavy atom. The van der Waals surface area contributed by atoms with Crippen molar-refractivity contribution in [2.45, 2.75) is 38.3 Å². The molecule has 6 nitrogen and oxygen atoms in total. The normalized spacial score (nSPS) is 23.3. The second-order valence-electron chi connectivity index (χ2n) is 8.31. The Morgan fingerprint density at radius 2 is 1.93 bits per heavy atom. The fraction of sp³-hybridized carbons (Fsp3) is 0.333. The number of carbonyl (C=O) groups is 1. The van der Waals surface area contributed by atoms with Crippen LogP contribution in [0.15, 0.2) is 57.7 Å². The Kier molecular flexibility index (Phi) is 4.89. The molecule has 2 aliphatic rings. The van der Waals surface area contributed by atoms with Crippen molar-refractivity contribution in [2.75, 3.05) is 6.54 Å². The zero-order chi connectivity index (χ0) is 20.7. The number of hydrogen-bond donors (Lipinski definition) is 3. The van der Waals surface area contributed by atoms with Gasteiger partial charge < -0.3 is 9.73 Å². The van der Waals surface area contributed by atoms with Gasteiger partial charge in [-0.05, 0) is 44.2 Å². The second-order valence-corrected chi connectivity index (χ2v) is 8.31. The number of amides is 1. The van der Waals surface area contributed by atoms with Gasteiger partial charge in [0.15, 0.2) is 11.0 Å². The number of nitrogens with one attached hydrogen (secondary N) is 3. The summed E-state index contributed by atoms with van der Waals surface area (Å²) in [6.07, 6.45) is 2.91. The maximum atomic E-state index is 13.2. The lowest BCUT2D eigenvalue weighted by Crippen LogP contribution is -2.44. The summed E-state index contributed by atoms with van der Waals surface area (Å²) in [6.45, 7) is 2.70. The summed E-state index contributed by atoms with van der Waals surface area (Å²) in [6, 6.07) is 15.4. The molecule has 2 fully saturated rings. The van der Waals surface area contributed by atoms with E-state index >= 15 is 0 Å². The van der Waals surface area contributed by atoms with Crippen molar-refractivity contribution in [3.63, 3.8) is 0 Å². The largest absolute Gasteiger partial charge is 0.455 e. The molecule has 1 saturated heterocycles. The molecule has 2 aromatic carbocycles. The van der Waals surface area contributed by atoms with E-state index in [9.17, 15) is 9.59 Å². The first-order valence-corrected chi connectivity index (χ1v) is 10.5. The summed E-state index contributed by atoms with van der Waals surface area (Å²) in [7, 11) is 0. The van der Waals surface area contributed by atoms with Gasteiger partial charge in [-0.15, -0.1) is 0 Å². The first kappa shape index (κ1) is 19.0. The fourth-order valence-corrected chi connectivity index (χ4v) is 4.75. The van der Waals surface area contributed by atoms with E-state index in [2.05, 4.69) is 16.2 Å². The molecule has 5 rings (SSSR count). The Balaban J connectivity index is 1.50. The quantitative estimate of drug-likeness (QED) is 0.626. The lowest BCUT2D eigenvalue weighted by Gasteiger charge is -2.31. The van der Waals surface area contributed by atoms with Crippen molar-refractivity contribution >= 4 is 16.9 Å². The van der Waals surface area contributed by atoms with Crippen LogP contribution in [-0.2, 0) is 0 Å². The maximum Gasteiger partial charge on any atom is 0.255 e. The molecule has 3 unspecified atom stereocenters. The van der Waals surface area contributed by atoms with Crippen LogP contribution in [0.2, 0.25) is 0 Å². The van der Waals surface area contributed by atoms with Gasteiger partial charge in [0.25, 0.3) is 5.91 Å². The van der Waals surface area contributed by atoms with Crippen LogP contribution < -0.4 is 21.6 Å². The molecule has 154 valence electrons. The van der Waals surface area contributed by atoms with E-state index in [4.69, 9.17) is 4.42 Å². The molecule has 1 amide bonds. The Bertz CT molecular complexity index is 1160. The van der Waals surface area contributed by atoms with Crippen LogP contribution in [0.4, 0.5) is 0 Å². The van der Waals surface area contributed by atoms with E-state index in [1.807, 2.05) is 30.3 Å². The first-order valence-electron chi connectivity index (χ1n) is 10.5. The summed E-state index contributed by atoms with van der Waals surface area (Å²) >= 11 is 0. The molecule has 2 heterocycles. The monoisotopic (exact) mass is 403 g/mol. The molecular formula is C24H25N3O3. The van der Waals surface area contributed by atoms with Crippen molar-refractivity contribution in [2.24, 2.45) is 5.92 Å². The topological polar surface area (TPSA) is 83.4 Å². The molecule has 0 bridgehead atoms. The van der Waals surface area contributed by atoms with E-state index in [0.29, 0.717) is 39.8 Å². The first-order chi connectivity index (χ1) is 14.6. The third kappa shape index (κ3) is 3.32. The summed E-state index contributed by atoms with van der Waals surface area (Å²) in [5, 5.41) is 3.61. The van der Waals surface area contributed by atoms with Crippen molar-refractivity contribution in [1.29, 1.82) is 0 Å². The van der Waals surface area contributed by atoms with Crippen LogP contribution in [0.5, 0.6) is 0 Å². The molecule has 3 N–H and O–H groups in total. The van der Waals surface area contributed by atoms with Gasteiger partial charge in [-0.2, -0.15) is 0 Å². The zero-order valence-electron chi connectivity index (χ0n) is 16.9. The van der Waals surface area contributed by atoms with Gasteiger partial charge in [-0.1, -0.05) is 36.4 Å². The molecule has 0 spiro atoms. The zero-order valence-corrected chi connectivity index (χ0v) is 16.9. The van der Waals surface area contributed by atoms with Gasteiger partial charge in [-0.25, -0.2) is 0 Å². The molecule has 0 radical (unpaired) electrons. The van der Waals surface area contributed by atoms with E-state index in [1.54, 1.807) is 25.1 Å². The fourth-order valence-electron chi connectivity index (χ4n) is 4.75. The Hall–Kier alpha value is -2.96. The predicted octanol–water partition coefficient (Wildman–Crippen LogP) is 3.14. The SMILES string of the molecule is Cc1c(-c2ccccc2)oc2c(C(=O)NC3CCC4NNCC4C3)cccc2c1=O. The smallest absolute Gasteiger partial charge is 0.255 e. The van der Waals surface area contributed by atoms with Crippen molar-refractivity contribution in [3.8, 4) is 11.3 Å². The number of para-hydroxylation sites is 1. The lowest BCUT2D eigenvalue weighted by molar-refractivity contribution is 0.0919. The summed E-state index contributed by atoms with van der Waals surface area (Å²) < 4.78 is 6.19. The summed E-state index contributed by atoms with van der Waals surface area (Å²) in [5.41, 5.74) is 8.55. The minimum absolute atomic E-state index is 0.103. The van der Waals surface area contributed by atoms with E-state index in [-0.39, 0.29) is 17.4 Å². The van der Waals surface area contributed by atoms with Crippen LogP contribution in [0, 0.1) is 12.8 Å². The van der Waals surface area contributed by atoms with Crippen LogP contribution in [0.1, 0.15) is 35.2 Å². The molecule has 30 heavy (non-hydrogen) atoms. The maximum absolute atomic E-state index is 13.2. The summed E-state index contributed by atoms with van der Waals surface area (Å²) in [5.74, 6) is 0.854. The van der Waals surface area contributed by atoms with Crippen molar-refractivity contribution < 1.29 is 9.21 Å². The minimum atomic E-state index is -0.186. The van der Waals surface area contributed by atoms with Crippen LogP contribution in [-0.4, -0.2) is 24.5 Å². The van der Waals surface area contributed by atoms with Crippen LogP contribution in [0.3, 0.4) is 0 Å². The van der Waals surface area contributed by atoms with Crippen molar-refractivity contribution in [1.82, 2.24) is 16.2 Å². The number of hydrazine groups is 1. The molecule has 3 atom stereocenters. The van der Waals surface area contributed by atoms with Gasteiger partial charge in [0.1, 0.15) is 5.76 Å². The van der Waals surface area contributed by atoms with Gasteiger partial charge in [-0.3, -0.25) is 20.4 Å². The van der Waals surface area contributed by atoms with Gasteiger partial charge in [0.05, 0.1) is 10.9 Å². The van der Waals surface area contributed by atoms with Gasteiger partial charge >= 0.3 is 0 Å². The van der Waals surface area contributed by atoms with E-state index in [0.717, 1.165) is 31.4 Å². The van der Waals surface area contributed by atoms with Gasteiger partial charge in [0, 0.05) is 29.8 Å². The third-order valence-electron chi connectivity index (χ3n) is 6.39. The number of benzene rings is 2. The van der Waals surface area contributed by atoms with E-state index < -0.39 is 0 Å². The highest BCUT2D eigenvalue weighted by Gasteiger charge is 2.34. The lowest BCUT2D eigenvalue weighted by atomic mass is 9.83. The molecule has 1 aliphatic carbocycles. The number of rotatable bonds is 3. The van der Waals surface area contributed by atoms with Gasteiger partial charge in [0.2, 0.25) is 0 Å². The average molecular weight is 403 g/mol. The molecular weight excluding hydrogens is 378 g/mol. The average Bonchev–Trinajstić information content (AvgIpc) is 3.24. The van der Waals surface area contributed by atoms with Crippen LogP contribution in [0.25, 0.3) is 22.3 Å². The number of carbonyl (C=O) groups excluding carboxylic acids is 1. The molecule has 6 heteroatoms. The number of fused-ring (bicyclic) bond motifs is 2. The molecule has 1 saturated carbocycles. The highest BCUT2D eigenvalue weighted by Crippen LogP contribution is 2.29. The Morgan fingerprint density at radius 1 is 1.10 bits per heavy atom. The second kappa shape index (κ2) is 7.70. The van der Waals surface area contributed by atoms with E-state index in [1.165, 1.54) is 0 Å². The summed E-state index contributed by atoms with van der Waals surface area (Å²) in [4.78, 5) is 26.2. The van der Waals surface area contributed by atoms with Crippen LogP contribution >= 0.6 is 0 Å². The Labute approximate surface area is 174 Å². The standard InChI is InChI=1S/C24H25N3O3/c1-14-21(28)18-8-5-9-19(23(18)30-22(14)15-6-3-2-4-7-15)24(29)26-17-10-11-20-16(12-17)13-25-27-20/h2-9,16-17,20,25,27H,10-13H2,1H3,(H,26,29). The highest BCUT2D eigenvalue weighted by atomic mass is 16.3. The third-order valence-corrected chi connectivity index (χ3v) is 6.39.